The van der Waals surface area contributed by atoms with Crippen LogP contribution in [0.1, 0.15) is 187 Å². The molecule has 46 heavy (non-hydrogen) atoms. The number of esters is 2. The van der Waals surface area contributed by atoms with E-state index in [0.29, 0.717) is 35.8 Å². The van der Waals surface area contributed by atoms with Crippen LogP contribution < -0.4 is 0 Å². The van der Waals surface area contributed by atoms with Crippen molar-refractivity contribution in [3.8, 4) is 0 Å². The van der Waals surface area contributed by atoms with Crippen molar-refractivity contribution in [2.75, 3.05) is 0 Å². The Balaban J connectivity index is 1.13. The molecule has 4 rings (SSSR count). The normalized spacial score (nSPS) is 23.0. The minimum absolute atomic E-state index is 0.252. The van der Waals surface area contributed by atoms with Gasteiger partial charge < -0.3 is 9.47 Å². The van der Waals surface area contributed by atoms with Crippen LogP contribution in [0.3, 0.4) is 0 Å². The van der Waals surface area contributed by atoms with Gasteiger partial charge in [0, 0.05) is 0 Å². The van der Waals surface area contributed by atoms with Gasteiger partial charge in [0.05, 0.1) is 23.3 Å². The van der Waals surface area contributed by atoms with E-state index in [0.717, 1.165) is 11.8 Å². The molecule has 2 fully saturated rings. The van der Waals surface area contributed by atoms with Gasteiger partial charge in [0.25, 0.3) is 0 Å². The number of rotatable bonds is 17. The van der Waals surface area contributed by atoms with E-state index in [1.807, 2.05) is 38.1 Å². The van der Waals surface area contributed by atoms with E-state index in [9.17, 15) is 9.59 Å². The van der Waals surface area contributed by atoms with Gasteiger partial charge in [-0.05, 0) is 137 Å². The molecule has 0 spiro atoms. The molecule has 0 N–H and O–H groups in total. The largest absolute Gasteiger partial charge is 0.459 e. The lowest BCUT2D eigenvalue weighted by Crippen LogP contribution is -2.20. The summed E-state index contributed by atoms with van der Waals surface area (Å²) < 4.78 is 11.5. The number of carbonyl (C=O) groups excluding carboxylic acids is 2. The SMILES string of the molecule is CCCCCC1CCC(c2ccc(C(=O)OC(C)CC[C@@H](C)OC(=O)c3ccc(C4CCC(CCCCC)CC4)cc3)cc2)CC1. The number of hydrogen-bond donors (Lipinski definition) is 0. The van der Waals surface area contributed by atoms with Crippen molar-refractivity contribution in [3.05, 3.63) is 70.8 Å². The standard InChI is InChI=1S/C42H62O4/c1-5-7-9-11-33-15-19-35(20-16-33)37-23-27-39(28-24-37)41(43)45-31(3)13-14-32(4)46-42(44)40-29-25-38(26-30-40)36-21-17-34(18-22-36)12-10-8-6-2/h23-36H,5-22H2,1-4H3/t31-,32?,33?,34?,35?,36?/m1/s1. The monoisotopic (exact) mass is 630 g/mol. The van der Waals surface area contributed by atoms with E-state index < -0.39 is 0 Å². The zero-order valence-corrected chi connectivity index (χ0v) is 29.4. The Labute approximate surface area is 280 Å². The smallest absolute Gasteiger partial charge is 0.338 e. The van der Waals surface area contributed by atoms with Crippen LogP contribution in [0.4, 0.5) is 0 Å². The molecular weight excluding hydrogens is 568 g/mol. The highest BCUT2D eigenvalue weighted by molar-refractivity contribution is 5.90. The first-order chi connectivity index (χ1) is 22.4. The second-order valence-corrected chi connectivity index (χ2v) is 14.7. The summed E-state index contributed by atoms with van der Waals surface area (Å²) in [5.41, 5.74) is 3.91. The molecule has 0 heterocycles. The van der Waals surface area contributed by atoms with Gasteiger partial charge in [-0.3, -0.25) is 0 Å². The lowest BCUT2D eigenvalue weighted by molar-refractivity contribution is 0.0187. The molecule has 0 amide bonds. The van der Waals surface area contributed by atoms with E-state index in [4.69, 9.17) is 9.47 Å². The van der Waals surface area contributed by atoms with Crippen LogP contribution in [0.25, 0.3) is 0 Å². The summed E-state index contributed by atoms with van der Waals surface area (Å²) in [5, 5.41) is 0. The van der Waals surface area contributed by atoms with Gasteiger partial charge in [0.15, 0.2) is 0 Å². The maximum atomic E-state index is 12.8. The van der Waals surface area contributed by atoms with Gasteiger partial charge >= 0.3 is 11.9 Å². The van der Waals surface area contributed by atoms with Crippen molar-refractivity contribution in [1.82, 2.24) is 0 Å². The van der Waals surface area contributed by atoms with Crippen LogP contribution in [-0.4, -0.2) is 24.1 Å². The number of ether oxygens (including phenoxy) is 2. The highest BCUT2D eigenvalue weighted by Crippen LogP contribution is 2.39. The van der Waals surface area contributed by atoms with Crippen LogP contribution in [0.5, 0.6) is 0 Å². The molecule has 0 radical (unpaired) electrons. The van der Waals surface area contributed by atoms with Gasteiger partial charge in [-0.15, -0.1) is 0 Å². The van der Waals surface area contributed by atoms with Crippen molar-refractivity contribution in [2.45, 2.75) is 167 Å². The van der Waals surface area contributed by atoms with Crippen molar-refractivity contribution in [2.24, 2.45) is 11.8 Å². The predicted octanol–water partition coefficient (Wildman–Crippen LogP) is 12.0. The summed E-state index contributed by atoms with van der Waals surface area (Å²) in [6, 6.07) is 16.2. The van der Waals surface area contributed by atoms with Crippen molar-refractivity contribution >= 4 is 11.9 Å². The number of unbranched alkanes of at least 4 members (excludes halogenated alkanes) is 4. The molecule has 4 heteroatoms. The molecule has 254 valence electrons. The number of hydrogen-bond acceptors (Lipinski definition) is 4. The molecule has 2 atom stereocenters. The highest BCUT2D eigenvalue weighted by Gasteiger charge is 2.24. The minimum Gasteiger partial charge on any atom is -0.459 e. The molecule has 2 aliphatic rings. The van der Waals surface area contributed by atoms with Crippen LogP contribution in [0.15, 0.2) is 48.5 Å². The van der Waals surface area contributed by atoms with E-state index in [2.05, 4.69) is 38.1 Å². The molecule has 0 saturated heterocycles. The fourth-order valence-electron chi connectivity index (χ4n) is 7.81. The molecule has 0 aliphatic heterocycles. The second-order valence-electron chi connectivity index (χ2n) is 14.7. The van der Waals surface area contributed by atoms with Crippen LogP contribution in [-0.2, 0) is 9.47 Å². The lowest BCUT2D eigenvalue weighted by Gasteiger charge is -2.29. The summed E-state index contributed by atoms with van der Waals surface area (Å²) in [6.45, 7) is 8.38. The van der Waals surface area contributed by atoms with Crippen molar-refractivity contribution < 1.29 is 19.1 Å². The fraction of sp³-hybridized carbons (Fsp3) is 0.667. The van der Waals surface area contributed by atoms with E-state index in [1.165, 1.54) is 114 Å². The maximum absolute atomic E-state index is 12.8. The van der Waals surface area contributed by atoms with Crippen LogP contribution in [0.2, 0.25) is 0 Å². The molecule has 0 aromatic heterocycles. The fourth-order valence-corrected chi connectivity index (χ4v) is 7.81. The Morgan fingerprint density at radius 2 is 0.913 bits per heavy atom. The van der Waals surface area contributed by atoms with Crippen LogP contribution >= 0.6 is 0 Å². The Morgan fingerprint density at radius 1 is 0.565 bits per heavy atom. The van der Waals surface area contributed by atoms with Gasteiger partial charge in [0.2, 0.25) is 0 Å². The van der Waals surface area contributed by atoms with Crippen LogP contribution in [0, 0.1) is 11.8 Å². The van der Waals surface area contributed by atoms with E-state index in [1.54, 1.807) is 0 Å². The summed E-state index contributed by atoms with van der Waals surface area (Å²) in [7, 11) is 0. The molecule has 4 nitrogen and oxygen atoms in total. The predicted molar refractivity (Wildman–Crippen MR) is 190 cm³/mol. The highest BCUT2D eigenvalue weighted by atomic mass is 16.5. The zero-order valence-electron chi connectivity index (χ0n) is 29.4. The van der Waals surface area contributed by atoms with Gasteiger partial charge in [-0.1, -0.05) is 89.5 Å². The van der Waals surface area contributed by atoms with E-state index in [-0.39, 0.29) is 24.1 Å². The number of carbonyl (C=O) groups is 2. The van der Waals surface area contributed by atoms with Crippen molar-refractivity contribution in [1.29, 1.82) is 0 Å². The molecule has 1 unspecified atom stereocenters. The second kappa shape index (κ2) is 19.3. The first-order valence-corrected chi connectivity index (χ1v) is 19.0. The quantitative estimate of drug-likeness (QED) is 0.129. The lowest BCUT2D eigenvalue weighted by atomic mass is 9.77. The first kappa shape index (κ1) is 36.2. The zero-order chi connectivity index (χ0) is 32.7. The van der Waals surface area contributed by atoms with Gasteiger partial charge in [-0.2, -0.15) is 0 Å². The Morgan fingerprint density at radius 3 is 1.24 bits per heavy atom. The summed E-state index contributed by atoms with van der Waals surface area (Å²) in [6.07, 6.45) is 22.0. The summed E-state index contributed by atoms with van der Waals surface area (Å²) >= 11 is 0. The molecule has 0 bridgehead atoms. The molecular formula is C42H62O4. The topological polar surface area (TPSA) is 52.6 Å². The molecule has 2 aromatic carbocycles. The van der Waals surface area contributed by atoms with Gasteiger partial charge in [0.1, 0.15) is 0 Å². The Bertz CT molecular complexity index is 1060. The summed E-state index contributed by atoms with van der Waals surface area (Å²) in [4.78, 5) is 25.6. The van der Waals surface area contributed by atoms with E-state index >= 15 is 0 Å². The third kappa shape index (κ3) is 11.6. The van der Waals surface area contributed by atoms with Crippen molar-refractivity contribution in [3.63, 3.8) is 0 Å². The molecule has 2 saturated carbocycles. The Kier molecular flexibility index (Phi) is 15.2. The van der Waals surface area contributed by atoms with Gasteiger partial charge in [-0.25, -0.2) is 9.59 Å². The number of benzene rings is 2. The average molecular weight is 631 g/mol. The molecule has 2 aliphatic carbocycles. The third-order valence-electron chi connectivity index (χ3n) is 11.0. The maximum Gasteiger partial charge on any atom is 0.338 e. The third-order valence-corrected chi connectivity index (χ3v) is 11.0. The summed E-state index contributed by atoms with van der Waals surface area (Å²) in [5.74, 6) is 2.45. The minimum atomic E-state index is -0.284. The average Bonchev–Trinajstić information content (AvgIpc) is 3.08. The molecule has 2 aromatic rings. The Hall–Kier alpha value is -2.62. The first-order valence-electron chi connectivity index (χ1n) is 19.0.